The molecule has 0 atom stereocenters. The van der Waals surface area contributed by atoms with E-state index in [1.165, 1.54) is 12.3 Å². The second-order valence-corrected chi connectivity index (χ2v) is 6.78. The van der Waals surface area contributed by atoms with Crippen LogP contribution in [0.1, 0.15) is 32.0 Å². The van der Waals surface area contributed by atoms with E-state index in [0.29, 0.717) is 30.1 Å². The van der Waals surface area contributed by atoms with Gasteiger partial charge in [-0.2, -0.15) is 13.2 Å². The predicted octanol–water partition coefficient (Wildman–Crippen LogP) is 3.52. The number of rotatable bonds is 7. The molecule has 166 valence electrons. The molecule has 3 aromatic rings. The fourth-order valence-corrected chi connectivity index (χ4v) is 2.86. The fraction of sp³-hybridized carbons (Fsp3) is 0.136. The van der Waals surface area contributed by atoms with Crippen LogP contribution in [0.25, 0.3) is 0 Å². The average molecular weight is 448 g/mol. The highest BCUT2D eigenvalue weighted by Crippen LogP contribution is 2.30. The number of amides is 2. The number of benzene rings is 2. The highest BCUT2D eigenvalue weighted by molar-refractivity contribution is 5.94. The van der Waals surface area contributed by atoms with Gasteiger partial charge in [0.1, 0.15) is 17.3 Å². The second-order valence-electron chi connectivity index (χ2n) is 6.78. The van der Waals surface area contributed by atoms with Crippen LogP contribution >= 0.6 is 0 Å². The largest absolute Gasteiger partial charge is 0.457 e. The lowest BCUT2D eigenvalue weighted by atomic mass is 10.1. The molecule has 2 amide bonds. The van der Waals surface area contributed by atoms with Crippen LogP contribution in [-0.2, 0) is 12.6 Å². The van der Waals surface area contributed by atoms with Crippen LogP contribution in [0.15, 0.2) is 60.8 Å². The number of primary amides is 1. The fourth-order valence-electron chi connectivity index (χ4n) is 2.86. The highest BCUT2D eigenvalue weighted by Gasteiger charge is 2.32. The molecule has 2 aromatic carbocycles. The summed E-state index contributed by atoms with van der Waals surface area (Å²) in [6.07, 6.45) is -2.91. The number of halogens is 4. The minimum Gasteiger partial charge on any atom is -0.457 e. The molecule has 6 nitrogen and oxygen atoms in total. The normalized spacial score (nSPS) is 11.1. The van der Waals surface area contributed by atoms with Gasteiger partial charge in [0.25, 0.3) is 11.6 Å². The van der Waals surface area contributed by atoms with Crippen molar-refractivity contribution < 1.29 is 36.9 Å². The van der Waals surface area contributed by atoms with Crippen LogP contribution in [0.5, 0.6) is 11.5 Å². The Morgan fingerprint density at radius 3 is 2.50 bits per heavy atom. The van der Waals surface area contributed by atoms with Crippen molar-refractivity contribution in [3.05, 3.63) is 89.0 Å². The van der Waals surface area contributed by atoms with Gasteiger partial charge in [-0.1, -0.05) is 12.1 Å². The molecule has 0 aliphatic heterocycles. The first-order valence-corrected chi connectivity index (χ1v) is 9.36. The van der Waals surface area contributed by atoms with Crippen LogP contribution in [0.3, 0.4) is 0 Å². The van der Waals surface area contributed by atoms with Crippen molar-refractivity contribution in [3.8, 4) is 11.5 Å². The third kappa shape index (κ3) is 6.03. The molecule has 10 heteroatoms. The van der Waals surface area contributed by atoms with Gasteiger partial charge in [-0.3, -0.25) is 9.59 Å². The SMILES string of the molecule is NC(=O)c1cc(Oc2cccc(CCNC(=O)c3cc(F)cc(C(F)(F)F)c3)c2)cc[nH+]1. The Morgan fingerprint density at radius 1 is 1.03 bits per heavy atom. The summed E-state index contributed by atoms with van der Waals surface area (Å²) >= 11 is 0. The molecule has 0 saturated heterocycles. The summed E-state index contributed by atoms with van der Waals surface area (Å²) in [5, 5.41) is 2.47. The maximum atomic E-state index is 13.5. The Balaban J connectivity index is 1.61. The molecule has 1 aromatic heterocycles. The van der Waals surface area contributed by atoms with Gasteiger partial charge in [0.15, 0.2) is 6.20 Å². The zero-order chi connectivity index (χ0) is 23.3. The quantitative estimate of drug-likeness (QED) is 0.542. The molecule has 0 aliphatic carbocycles. The third-order valence-corrected chi connectivity index (χ3v) is 4.36. The minimum atomic E-state index is -4.76. The van der Waals surface area contributed by atoms with E-state index in [0.717, 1.165) is 11.6 Å². The van der Waals surface area contributed by atoms with Crippen molar-refractivity contribution in [2.45, 2.75) is 12.6 Å². The molecule has 0 spiro atoms. The van der Waals surface area contributed by atoms with Gasteiger partial charge in [0, 0.05) is 18.2 Å². The van der Waals surface area contributed by atoms with Gasteiger partial charge in [0.2, 0.25) is 0 Å². The van der Waals surface area contributed by atoms with Crippen molar-refractivity contribution in [3.63, 3.8) is 0 Å². The number of ether oxygens (including phenoxy) is 1. The molecule has 0 bridgehead atoms. The predicted molar refractivity (Wildman–Crippen MR) is 105 cm³/mol. The number of hydrogen-bond acceptors (Lipinski definition) is 3. The Hall–Kier alpha value is -3.95. The summed E-state index contributed by atoms with van der Waals surface area (Å²) < 4.78 is 57.6. The molecular formula is C22H18F4N3O3+. The zero-order valence-electron chi connectivity index (χ0n) is 16.5. The van der Waals surface area contributed by atoms with Crippen LogP contribution in [-0.4, -0.2) is 18.4 Å². The van der Waals surface area contributed by atoms with Gasteiger partial charge < -0.3 is 15.8 Å². The summed E-state index contributed by atoms with van der Waals surface area (Å²) in [7, 11) is 0. The van der Waals surface area contributed by atoms with Crippen molar-refractivity contribution in [2.75, 3.05) is 6.54 Å². The maximum Gasteiger partial charge on any atom is 0.416 e. The number of hydrogen-bond donors (Lipinski definition) is 2. The number of alkyl halides is 3. The van der Waals surface area contributed by atoms with Crippen molar-refractivity contribution in [2.24, 2.45) is 5.73 Å². The number of carbonyl (C=O) groups excluding carboxylic acids is 2. The summed E-state index contributed by atoms with van der Waals surface area (Å²) in [6.45, 7) is 0.103. The number of aromatic nitrogens is 1. The van der Waals surface area contributed by atoms with Crippen molar-refractivity contribution in [1.29, 1.82) is 0 Å². The average Bonchev–Trinajstić information content (AvgIpc) is 2.73. The summed E-state index contributed by atoms with van der Waals surface area (Å²) in [5.41, 5.74) is 4.52. The Labute approximate surface area is 180 Å². The van der Waals surface area contributed by atoms with E-state index in [4.69, 9.17) is 10.5 Å². The monoisotopic (exact) mass is 448 g/mol. The second kappa shape index (κ2) is 9.46. The maximum absolute atomic E-state index is 13.5. The number of pyridine rings is 1. The van der Waals surface area contributed by atoms with Crippen LogP contribution in [0, 0.1) is 5.82 Å². The van der Waals surface area contributed by atoms with Gasteiger partial charge in [-0.15, -0.1) is 0 Å². The molecule has 32 heavy (non-hydrogen) atoms. The van der Waals surface area contributed by atoms with Crippen molar-refractivity contribution in [1.82, 2.24) is 5.32 Å². The Bertz CT molecular complexity index is 1150. The van der Waals surface area contributed by atoms with E-state index in [1.54, 1.807) is 30.3 Å². The topological polar surface area (TPSA) is 95.6 Å². The summed E-state index contributed by atoms with van der Waals surface area (Å²) in [5.74, 6) is -1.75. The molecule has 0 saturated carbocycles. The lowest BCUT2D eigenvalue weighted by Gasteiger charge is -2.10. The standard InChI is InChI=1S/C22H17F4N3O3/c23-16-10-14(9-15(11-16)22(24,25)26)21(31)29-6-4-13-2-1-3-17(8-13)32-18-5-7-28-19(12-18)20(27)30/h1-3,5,7-12H,4,6H2,(H2,27,30)(H,29,31)/p+1. The number of nitrogens with two attached hydrogens (primary N) is 1. The molecule has 1 heterocycles. The zero-order valence-corrected chi connectivity index (χ0v) is 16.5. The van der Waals surface area contributed by atoms with Crippen LogP contribution < -0.4 is 20.8 Å². The van der Waals surface area contributed by atoms with Gasteiger partial charge in [-0.25, -0.2) is 9.37 Å². The summed E-state index contributed by atoms with van der Waals surface area (Å²) in [4.78, 5) is 26.1. The van der Waals surface area contributed by atoms with E-state index in [-0.39, 0.29) is 12.2 Å². The number of carbonyl (C=O) groups is 2. The highest BCUT2D eigenvalue weighted by atomic mass is 19.4. The minimum absolute atomic E-state index is 0.103. The van der Waals surface area contributed by atoms with Gasteiger partial charge in [0.05, 0.1) is 11.6 Å². The Morgan fingerprint density at radius 2 is 1.78 bits per heavy atom. The third-order valence-electron chi connectivity index (χ3n) is 4.36. The molecule has 0 radical (unpaired) electrons. The smallest absolute Gasteiger partial charge is 0.416 e. The van der Waals surface area contributed by atoms with Gasteiger partial charge in [-0.05, 0) is 42.3 Å². The van der Waals surface area contributed by atoms with E-state index >= 15 is 0 Å². The first-order valence-electron chi connectivity index (χ1n) is 9.36. The van der Waals surface area contributed by atoms with Crippen LogP contribution in [0.2, 0.25) is 0 Å². The molecular weight excluding hydrogens is 430 g/mol. The van der Waals surface area contributed by atoms with E-state index < -0.39 is 34.9 Å². The number of nitrogens with one attached hydrogen (secondary N) is 2. The lowest BCUT2D eigenvalue weighted by molar-refractivity contribution is -0.382. The number of aromatic amines is 1. The van der Waals surface area contributed by atoms with Gasteiger partial charge >= 0.3 is 12.1 Å². The molecule has 0 fully saturated rings. The Kier molecular flexibility index (Phi) is 6.72. The summed E-state index contributed by atoms with van der Waals surface area (Å²) in [6, 6.07) is 11.6. The van der Waals surface area contributed by atoms with Crippen LogP contribution in [0.4, 0.5) is 17.6 Å². The number of H-pyrrole nitrogens is 1. The lowest BCUT2D eigenvalue weighted by Crippen LogP contribution is -2.26. The van der Waals surface area contributed by atoms with E-state index in [1.807, 2.05) is 0 Å². The first kappa shape index (κ1) is 22.7. The van der Waals surface area contributed by atoms with E-state index in [9.17, 15) is 27.2 Å². The molecule has 4 N–H and O–H groups in total. The molecule has 0 aliphatic rings. The first-order chi connectivity index (χ1) is 15.1. The van der Waals surface area contributed by atoms with E-state index in [2.05, 4.69) is 10.3 Å². The van der Waals surface area contributed by atoms with Crippen molar-refractivity contribution >= 4 is 11.8 Å². The molecule has 0 unspecified atom stereocenters. The molecule has 3 rings (SSSR count).